The Bertz CT molecular complexity index is 1190. The lowest BCUT2D eigenvalue weighted by Crippen LogP contribution is -2.47. The van der Waals surface area contributed by atoms with Gasteiger partial charge in [0.15, 0.2) is 0 Å². The van der Waals surface area contributed by atoms with Crippen LogP contribution in [0.15, 0.2) is 59.8 Å². The van der Waals surface area contributed by atoms with Crippen molar-refractivity contribution in [1.82, 2.24) is 10.6 Å². The van der Waals surface area contributed by atoms with Gasteiger partial charge in [-0.15, -0.1) is 0 Å². The monoisotopic (exact) mass is 480 g/mol. The van der Waals surface area contributed by atoms with Crippen LogP contribution in [0, 0.1) is 0 Å². The highest BCUT2D eigenvalue weighted by Crippen LogP contribution is 2.29. The van der Waals surface area contributed by atoms with Crippen molar-refractivity contribution in [2.24, 2.45) is 0 Å². The minimum absolute atomic E-state index is 0.0731. The molecule has 0 aromatic heterocycles. The Morgan fingerprint density at radius 2 is 1.80 bits per heavy atom. The summed E-state index contributed by atoms with van der Waals surface area (Å²) in [4.78, 5) is 50.2. The van der Waals surface area contributed by atoms with Crippen molar-refractivity contribution in [3.8, 4) is 5.75 Å². The van der Waals surface area contributed by atoms with Gasteiger partial charge in [0.2, 0.25) is 6.10 Å². The summed E-state index contributed by atoms with van der Waals surface area (Å²) in [6.45, 7) is 1.34. The molecule has 2 aliphatic heterocycles. The highest BCUT2D eigenvalue weighted by molar-refractivity contribution is 5.96. The molecule has 0 fully saturated rings. The lowest BCUT2D eigenvalue weighted by atomic mass is 9.95. The minimum atomic E-state index is -1.14. The maximum absolute atomic E-state index is 12.8. The number of amides is 2. The first-order valence-corrected chi connectivity index (χ1v) is 11.0. The van der Waals surface area contributed by atoms with Crippen molar-refractivity contribution in [2.45, 2.75) is 25.5 Å². The molecule has 2 aromatic carbocycles. The summed E-state index contributed by atoms with van der Waals surface area (Å²) < 4.78 is 21.0. The summed E-state index contributed by atoms with van der Waals surface area (Å²) in [6.07, 6.45) is -0.980. The van der Waals surface area contributed by atoms with Crippen molar-refractivity contribution >= 4 is 23.9 Å². The highest BCUT2D eigenvalue weighted by atomic mass is 16.6. The number of fused-ring (bicyclic) bond motifs is 1. The van der Waals surface area contributed by atoms with Gasteiger partial charge in [-0.25, -0.2) is 19.2 Å². The van der Waals surface area contributed by atoms with E-state index in [0.717, 1.165) is 0 Å². The Balaban J connectivity index is 1.57. The number of carbonyl (C=O) groups is 4. The molecule has 2 aliphatic rings. The van der Waals surface area contributed by atoms with Crippen LogP contribution in [0.5, 0.6) is 5.75 Å². The van der Waals surface area contributed by atoms with E-state index in [1.807, 2.05) is 0 Å². The van der Waals surface area contributed by atoms with Crippen LogP contribution in [0.3, 0.4) is 0 Å². The van der Waals surface area contributed by atoms with E-state index in [9.17, 15) is 19.2 Å². The second-order valence-corrected chi connectivity index (χ2v) is 7.78. The van der Waals surface area contributed by atoms with E-state index in [1.54, 1.807) is 55.5 Å². The van der Waals surface area contributed by atoms with Gasteiger partial charge < -0.3 is 29.6 Å². The SMILES string of the molecule is CCOC(=O)C1=C(COC(=O)[C@H]2Cc3ccccc3C(=O)O2)NC(=O)N[C@@H]1c1ccc(OC)cc1. The van der Waals surface area contributed by atoms with Crippen molar-refractivity contribution in [1.29, 1.82) is 0 Å². The molecule has 0 aliphatic carbocycles. The predicted molar refractivity (Wildman–Crippen MR) is 121 cm³/mol. The van der Waals surface area contributed by atoms with E-state index in [2.05, 4.69) is 10.6 Å². The molecule has 0 saturated heterocycles. The van der Waals surface area contributed by atoms with Crippen LogP contribution >= 0.6 is 0 Å². The third kappa shape index (κ3) is 5.11. The summed E-state index contributed by atoms with van der Waals surface area (Å²) in [6, 6.07) is 12.2. The molecular weight excluding hydrogens is 456 g/mol. The van der Waals surface area contributed by atoms with Crippen LogP contribution in [-0.2, 0) is 30.2 Å². The molecule has 0 spiro atoms. The summed E-state index contributed by atoms with van der Waals surface area (Å²) in [5.74, 6) is -1.48. The summed E-state index contributed by atoms with van der Waals surface area (Å²) >= 11 is 0. The van der Waals surface area contributed by atoms with Crippen molar-refractivity contribution < 1.29 is 38.1 Å². The molecule has 10 heteroatoms. The summed E-state index contributed by atoms with van der Waals surface area (Å²) in [5.41, 5.74) is 1.84. The standard InChI is InChI=1S/C25H24N2O8/c1-3-33-24(30)20-18(26-25(31)27-21(20)14-8-10-16(32-2)11-9-14)13-34-23(29)19-12-15-6-4-5-7-17(15)22(28)35-19/h4-11,19,21H,3,12-13H2,1-2H3,(H2,26,27,31)/t19-,21-/m1/s1. The number of methoxy groups -OCH3 is 1. The van der Waals surface area contributed by atoms with E-state index in [-0.39, 0.29) is 24.3 Å². The molecule has 0 radical (unpaired) electrons. The van der Waals surface area contributed by atoms with Crippen LogP contribution < -0.4 is 15.4 Å². The van der Waals surface area contributed by atoms with E-state index >= 15 is 0 Å². The number of benzene rings is 2. The Kier molecular flexibility index (Phi) is 7.00. The molecule has 35 heavy (non-hydrogen) atoms. The van der Waals surface area contributed by atoms with Gasteiger partial charge in [0.25, 0.3) is 0 Å². The Hall–Kier alpha value is -4.34. The molecule has 182 valence electrons. The number of rotatable bonds is 7. The second kappa shape index (κ2) is 10.3. The molecule has 4 rings (SSSR count). The minimum Gasteiger partial charge on any atom is -0.497 e. The number of carbonyl (C=O) groups excluding carboxylic acids is 4. The number of nitrogens with one attached hydrogen (secondary N) is 2. The normalized spacial score (nSPS) is 19.0. The zero-order valence-corrected chi connectivity index (χ0v) is 19.2. The molecule has 2 heterocycles. The zero-order chi connectivity index (χ0) is 24.9. The van der Waals surface area contributed by atoms with E-state index in [0.29, 0.717) is 22.4 Å². The van der Waals surface area contributed by atoms with Gasteiger partial charge in [-0.05, 0) is 36.2 Å². The summed E-state index contributed by atoms with van der Waals surface area (Å²) in [5, 5.41) is 5.23. The van der Waals surface area contributed by atoms with Gasteiger partial charge >= 0.3 is 23.9 Å². The molecule has 10 nitrogen and oxygen atoms in total. The number of urea groups is 1. The fourth-order valence-corrected chi connectivity index (χ4v) is 3.93. The zero-order valence-electron chi connectivity index (χ0n) is 19.2. The van der Waals surface area contributed by atoms with E-state index in [4.69, 9.17) is 18.9 Å². The van der Waals surface area contributed by atoms with Crippen LogP contribution in [0.25, 0.3) is 0 Å². The van der Waals surface area contributed by atoms with E-state index < -0.39 is 42.7 Å². The number of hydrogen-bond donors (Lipinski definition) is 2. The highest BCUT2D eigenvalue weighted by Gasteiger charge is 2.36. The van der Waals surface area contributed by atoms with Crippen molar-refractivity contribution in [2.75, 3.05) is 20.3 Å². The molecule has 0 saturated carbocycles. The van der Waals surface area contributed by atoms with Crippen LogP contribution in [0.2, 0.25) is 0 Å². The van der Waals surface area contributed by atoms with Crippen LogP contribution in [-0.4, -0.2) is 50.4 Å². The topological polar surface area (TPSA) is 129 Å². The van der Waals surface area contributed by atoms with Gasteiger partial charge in [-0.3, -0.25) is 0 Å². The van der Waals surface area contributed by atoms with Crippen molar-refractivity contribution in [3.63, 3.8) is 0 Å². The maximum Gasteiger partial charge on any atom is 0.348 e. The quantitative estimate of drug-likeness (QED) is 0.456. The second-order valence-electron chi connectivity index (χ2n) is 7.78. The van der Waals surface area contributed by atoms with E-state index in [1.165, 1.54) is 7.11 Å². The van der Waals surface area contributed by atoms with Gasteiger partial charge in [0.05, 0.1) is 36.6 Å². The molecular formula is C25H24N2O8. The van der Waals surface area contributed by atoms with Crippen LogP contribution in [0.1, 0.15) is 34.5 Å². The first-order valence-electron chi connectivity index (χ1n) is 11.0. The first kappa shape index (κ1) is 23.8. The van der Waals surface area contributed by atoms with Gasteiger partial charge in [-0.2, -0.15) is 0 Å². The Labute approximate surface area is 201 Å². The average molecular weight is 480 g/mol. The number of esters is 3. The first-order chi connectivity index (χ1) is 16.9. The molecule has 2 amide bonds. The van der Waals surface area contributed by atoms with Gasteiger partial charge in [0, 0.05) is 6.42 Å². The molecule has 0 unspecified atom stereocenters. The molecule has 2 aromatic rings. The van der Waals surface area contributed by atoms with Crippen molar-refractivity contribution in [3.05, 3.63) is 76.5 Å². The Morgan fingerprint density at radius 3 is 2.51 bits per heavy atom. The number of ether oxygens (including phenoxy) is 4. The fourth-order valence-electron chi connectivity index (χ4n) is 3.93. The predicted octanol–water partition coefficient (Wildman–Crippen LogP) is 2.19. The fraction of sp³-hybridized carbons (Fsp3) is 0.280. The average Bonchev–Trinajstić information content (AvgIpc) is 2.87. The number of cyclic esters (lactones) is 1. The largest absolute Gasteiger partial charge is 0.497 e. The third-order valence-corrected chi connectivity index (χ3v) is 5.61. The lowest BCUT2D eigenvalue weighted by Gasteiger charge is -2.29. The summed E-state index contributed by atoms with van der Waals surface area (Å²) in [7, 11) is 1.53. The lowest BCUT2D eigenvalue weighted by molar-refractivity contribution is -0.153. The molecule has 0 bridgehead atoms. The molecule has 2 N–H and O–H groups in total. The maximum atomic E-state index is 12.8. The number of hydrogen-bond acceptors (Lipinski definition) is 8. The van der Waals surface area contributed by atoms with Gasteiger partial charge in [-0.1, -0.05) is 30.3 Å². The third-order valence-electron chi connectivity index (χ3n) is 5.61. The molecule has 2 atom stereocenters. The van der Waals surface area contributed by atoms with Crippen LogP contribution in [0.4, 0.5) is 4.79 Å². The Morgan fingerprint density at radius 1 is 1.06 bits per heavy atom. The van der Waals surface area contributed by atoms with Gasteiger partial charge in [0.1, 0.15) is 12.4 Å². The smallest absolute Gasteiger partial charge is 0.348 e.